The number of hydrogen-bond donors (Lipinski definition) is 1. The third-order valence-corrected chi connectivity index (χ3v) is 3.87. The maximum atomic E-state index is 12.7. The van der Waals surface area contributed by atoms with E-state index in [0.717, 1.165) is 5.69 Å². The van der Waals surface area contributed by atoms with Crippen LogP contribution in [0.1, 0.15) is 35.8 Å². The van der Waals surface area contributed by atoms with Crippen LogP contribution in [0.2, 0.25) is 0 Å². The molecule has 5 nitrogen and oxygen atoms in total. The standard InChI is InChI=1S/C15H23N3O2/c1-11(12-3-4-12)18(7-8-20-2)15(19)13-5-6-17-14(9-13)10-16/h5-6,9,11-12H,3-4,7-8,10,16H2,1-2H3. The molecule has 1 unspecified atom stereocenters. The third kappa shape index (κ3) is 3.55. The van der Waals surface area contributed by atoms with E-state index in [9.17, 15) is 4.79 Å². The summed E-state index contributed by atoms with van der Waals surface area (Å²) in [4.78, 5) is 18.7. The summed E-state index contributed by atoms with van der Waals surface area (Å²) in [7, 11) is 1.66. The monoisotopic (exact) mass is 277 g/mol. The van der Waals surface area contributed by atoms with Gasteiger partial charge in [-0.1, -0.05) is 0 Å². The van der Waals surface area contributed by atoms with Crippen LogP contribution in [0.15, 0.2) is 18.3 Å². The zero-order chi connectivity index (χ0) is 14.5. The molecule has 1 amide bonds. The molecule has 5 heteroatoms. The van der Waals surface area contributed by atoms with Gasteiger partial charge in [-0.25, -0.2) is 0 Å². The van der Waals surface area contributed by atoms with Gasteiger partial charge in [0, 0.05) is 38.0 Å². The average molecular weight is 277 g/mol. The van der Waals surface area contributed by atoms with E-state index in [4.69, 9.17) is 10.5 Å². The number of carbonyl (C=O) groups is 1. The van der Waals surface area contributed by atoms with Crippen molar-refractivity contribution in [2.24, 2.45) is 11.7 Å². The molecule has 1 saturated carbocycles. The van der Waals surface area contributed by atoms with Crippen molar-refractivity contribution in [3.05, 3.63) is 29.6 Å². The number of aromatic nitrogens is 1. The molecule has 0 spiro atoms. The summed E-state index contributed by atoms with van der Waals surface area (Å²) in [5.41, 5.74) is 6.98. The van der Waals surface area contributed by atoms with E-state index >= 15 is 0 Å². The van der Waals surface area contributed by atoms with Crippen LogP contribution < -0.4 is 5.73 Å². The molecular weight excluding hydrogens is 254 g/mol. The molecule has 110 valence electrons. The number of amides is 1. The van der Waals surface area contributed by atoms with Crippen molar-refractivity contribution < 1.29 is 9.53 Å². The fourth-order valence-electron chi connectivity index (χ4n) is 2.40. The van der Waals surface area contributed by atoms with E-state index in [1.165, 1.54) is 12.8 Å². The van der Waals surface area contributed by atoms with Crippen LogP contribution in [0.25, 0.3) is 0 Å². The second-order valence-electron chi connectivity index (χ2n) is 5.31. The predicted octanol–water partition coefficient (Wildman–Crippen LogP) is 1.43. The highest BCUT2D eigenvalue weighted by atomic mass is 16.5. The zero-order valence-corrected chi connectivity index (χ0v) is 12.2. The number of nitrogens with two attached hydrogens (primary N) is 1. The normalized spacial score (nSPS) is 15.9. The van der Waals surface area contributed by atoms with E-state index in [-0.39, 0.29) is 11.9 Å². The maximum absolute atomic E-state index is 12.7. The Hall–Kier alpha value is -1.46. The Morgan fingerprint density at radius 2 is 2.35 bits per heavy atom. The molecule has 20 heavy (non-hydrogen) atoms. The van der Waals surface area contributed by atoms with Gasteiger partial charge in [-0.15, -0.1) is 0 Å². The van der Waals surface area contributed by atoms with Crippen molar-refractivity contribution in [2.45, 2.75) is 32.4 Å². The molecule has 0 bridgehead atoms. The summed E-state index contributed by atoms with van der Waals surface area (Å²) in [6.07, 6.45) is 4.07. The lowest BCUT2D eigenvalue weighted by Gasteiger charge is -2.29. The first kappa shape index (κ1) is 14.9. The van der Waals surface area contributed by atoms with E-state index < -0.39 is 0 Å². The van der Waals surface area contributed by atoms with Gasteiger partial charge in [0.2, 0.25) is 0 Å². The minimum Gasteiger partial charge on any atom is -0.383 e. The molecule has 0 aromatic carbocycles. The SMILES string of the molecule is COCCN(C(=O)c1ccnc(CN)c1)C(C)C1CC1. The second kappa shape index (κ2) is 6.81. The summed E-state index contributed by atoms with van der Waals surface area (Å²) in [5.74, 6) is 0.671. The molecule has 1 atom stereocenters. The van der Waals surface area contributed by atoms with E-state index in [2.05, 4.69) is 11.9 Å². The summed E-state index contributed by atoms with van der Waals surface area (Å²) < 4.78 is 5.13. The molecule has 2 rings (SSSR count). The van der Waals surface area contributed by atoms with Crippen LogP contribution in [0.4, 0.5) is 0 Å². The molecule has 0 saturated heterocycles. The first-order valence-corrected chi connectivity index (χ1v) is 7.12. The second-order valence-corrected chi connectivity index (χ2v) is 5.31. The zero-order valence-electron chi connectivity index (χ0n) is 12.2. The van der Waals surface area contributed by atoms with Crippen LogP contribution in [0, 0.1) is 5.92 Å². The quantitative estimate of drug-likeness (QED) is 0.818. The Morgan fingerprint density at radius 3 is 2.95 bits per heavy atom. The number of rotatable bonds is 7. The van der Waals surface area contributed by atoms with Gasteiger partial charge in [-0.2, -0.15) is 0 Å². The van der Waals surface area contributed by atoms with Crippen molar-refractivity contribution >= 4 is 5.91 Å². The number of carbonyl (C=O) groups excluding carboxylic acids is 1. The molecular formula is C15H23N3O2. The van der Waals surface area contributed by atoms with Gasteiger partial charge >= 0.3 is 0 Å². The molecule has 2 N–H and O–H groups in total. The van der Waals surface area contributed by atoms with Gasteiger partial charge in [0.15, 0.2) is 0 Å². The van der Waals surface area contributed by atoms with Crippen LogP contribution in [0.5, 0.6) is 0 Å². The Bertz CT molecular complexity index is 460. The molecule has 1 fully saturated rings. The number of ether oxygens (including phenoxy) is 1. The minimum absolute atomic E-state index is 0.0403. The first-order valence-electron chi connectivity index (χ1n) is 7.12. The topological polar surface area (TPSA) is 68.5 Å². The lowest BCUT2D eigenvalue weighted by Crippen LogP contribution is -2.42. The summed E-state index contributed by atoms with van der Waals surface area (Å²) in [6.45, 7) is 3.64. The van der Waals surface area contributed by atoms with Crippen LogP contribution in [-0.4, -0.2) is 42.1 Å². The van der Waals surface area contributed by atoms with Gasteiger partial charge < -0.3 is 15.4 Å². The number of hydrogen-bond acceptors (Lipinski definition) is 4. The smallest absolute Gasteiger partial charge is 0.254 e. The van der Waals surface area contributed by atoms with Gasteiger partial charge in [0.05, 0.1) is 12.3 Å². The lowest BCUT2D eigenvalue weighted by atomic mass is 10.1. The Labute approximate surface area is 120 Å². The van der Waals surface area contributed by atoms with E-state index in [1.807, 2.05) is 4.90 Å². The van der Waals surface area contributed by atoms with E-state index in [0.29, 0.717) is 31.2 Å². The lowest BCUT2D eigenvalue weighted by molar-refractivity contribution is 0.0594. The third-order valence-electron chi connectivity index (χ3n) is 3.87. The molecule has 1 aromatic heterocycles. The fraction of sp³-hybridized carbons (Fsp3) is 0.600. The molecule has 1 aliphatic carbocycles. The fourth-order valence-corrected chi connectivity index (χ4v) is 2.40. The van der Waals surface area contributed by atoms with Crippen molar-refractivity contribution in [2.75, 3.05) is 20.3 Å². The largest absolute Gasteiger partial charge is 0.383 e. The maximum Gasteiger partial charge on any atom is 0.254 e. The van der Waals surface area contributed by atoms with Crippen LogP contribution in [-0.2, 0) is 11.3 Å². The Kier molecular flexibility index (Phi) is 5.09. The molecule has 1 aromatic rings. The van der Waals surface area contributed by atoms with Crippen LogP contribution >= 0.6 is 0 Å². The van der Waals surface area contributed by atoms with Crippen molar-refractivity contribution in [3.63, 3.8) is 0 Å². The number of nitrogens with zero attached hydrogens (tertiary/aromatic N) is 2. The highest BCUT2D eigenvalue weighted by Gasteiger charge is 2.34. The number of methoxy groups -OCH3 is 1. The first-order chi connectivity index (χ1) is 9.67. The molecule has 1 heterocycles. The van der Waals surface area contributed by atoms with Crippen LogP contribution in [0.3, 0.4) is 0 Å². The summed E-state index contributed by atoms with van der Waals surface area (Å²) >= 11 is 0. The summed E-state index contributed by atoms with van der Waals surface area (Å²) in [6, 6.07) is 3.79. The Balaban J connectivity index is 2.15. The van der Waals surface area contributed by atoms with Crippen molar-refractivity contribution in [1.82, 2.24) is 9.88 Å². The number of pyridine rings is 1. The van der Waals surface area contributed by atoms with E-state index in [1.54, 1.807) is 25.4 Å². The Morgan fingerprint density at radius 1 is 1.60 bits per heavy atom. The van der Waals surface area contributed by atoms with Crippen molar-refractivity contribution in [3.8, 4) is 0 Å². The van der Waals surface area contributed by atoms with Gasteiger partial charge in [-0.05, 0) is 37.8 Å². The van der Waals surface area contributed by atoms with Gasteiger partial charge in [0.25, 0.3) is 5.91 Å². The van der Waals surface area contributed by atoms with Crippen molar-refractivity contribution in [1.29, 1.82) is 0 Å². The highest BCUT2D eigenvalue weighted by molar-refractivity contribution is 5.94. The summed E-state index contributed by atoms with van der Waals surface area (Å²) in [5, 5.41) is 0. The predicted molar refractivity (Wildman–Crippen MR) is 77.2 cm³/mol. The van der Waals surface area contributed by atoms with Gasteiger partial charge in [-0.3, -0.25) is 9.78 Å². The molecule has 0 aliphatic heterocycles. The van der Waals surface area contributed by atoms with Gasteiger partial charge in [0.1, 0.15) is 0 Å². The molecule has 0 radical (unpaired) electrons. The molecule has 1 aliphatic rings. The highest BCUT2D eigenvalue weighted by Crippen LogP contribution is 2.35. The minimum atomic E-state index is 0.0403. The average Bonchev–Trinajstić information content (AvgIpc) is 3.32.